The second kappa shape index (κ2) is 9.74. The summed E-state index contributed by atoms with van der Waals surface area (Å²) < 4.78 is 11.1. The van der Waals surface area contributed by atoms with Crippen molar-refractivity contribution in [1.82, 2.24) is 10.2 Å². The van der Waals surface area contributed by atoms with Crippen LogP contribution in [0, 0.1) is 5.92 Å². The number of aliphatic hydroxyl groups excluding tert-OH is 1. The molecule has 124 valence electrons. The zero-order chi connectivity index (χ0) is 14.9. The van der Waals surface area contributed by atoms with Crippen LogP contribution in [-0.4, -0.2) is 74.8 Å². The molecule has 0 aromatic heterocycles. The van der Waals surface area contributed by atoms with Gasteiger partial charge in [-0.05, 0) is 31.6 Å². The van der Waals surface area contributed by atoms with Gasteiger partial charge < -0.3 is 19.9 Å². The van der Waals surface area contributed by atoms with Gasteiger partial charge in [0.2, 0.25) is 0 Å². The summed E-state index contributed by atoms with van der Waals surface area (Å²) in [5.74, 6) is 0.844. The van der Waals surface area contributed by atoms with Gasteiger partial charge in [0.25, 0.3) is 0 Å². The molecule has 2 aliphatic rings. The number of nitrogens with zero attached hydrogens (tertiary/aromatic N) is 1. The molecule has 0 amide bonds. The van der Waals surface area contributed by atoms with Crippen molar-refractivity contribution in [3.63, 3.8) is 0 Å². The number of nitrogens with one attached hydrogen (secondary N) is 1. The van der Waals surface area contributed by atoms with Crippen LogP contribution in [0.4, 0.5) is 0 Å². The maximum Gasteiger partial charge on any atom is 0.0897 e. The lowest BCUT2D eigenvalue weighted by atomic mass is 9.89. The molecule has 2 N–H and O–H groups in total. The van der Waals surface area contributed by atoms with Gasteiger partial charge >= 0.3 is 0 Å². The van der Waals surface area contributed by atoms with Crippen molar-refractivity contribution in [3.05, 3.63) is 0 Å². The lowest BCUT2D eigenvalue weighted by Gasteiger charge is -2.28. The van der Waals surface area contributed by atoms with Gasteiger partial charge in [0, 0.05) is 32.7 Å². The summed E-state index contributed by atoms with van der Waals surface area (Å²) in [5, 5.41) is 13.3. The van der Waals surface area contributed by atoms with Crippen molar-refractivity contribution in [3.8, 4) is 0 Å². The van der Waals surface area contributed by atoms with E-state index in [-0.39, 0.29) is 0 Å². The van der Waals surface area contributed by atoms with E-state index in [0.29, 0.717) is 19.3 Å². The van der Waals surface area contributed by atoms with Gasteiger partial charge in [-0.1, -0.05) is 6.92 Å². The van der Waals surface area contributed by atoms with Crippen LogP contribution in [0.5, 0.6) is 0 Å². The van der Waals surface area contributed by atoms with Gasteiger partial charge in [-0.2, -0.15) is 0 Å². The second-order valence-electron chi connectivity index (χ2n) is 6.53. The topological polar surface area (TPSA) is 54.0 Å². The summed E-state index contributed by atoms with van der Waals surface area (Å²) in [6, 6.07) is 0. The lowest BCUT2D eigenvalue weighted by Crippen LogP contribution is -2.42. The van der Waals surface area contributed by atoms with Crippen LogP contribution in [0.25, 0.3) is 0 Å². The predicted octanol–water partition coefficient (Wildman–Crippen LogP) is 0.864. The first-order chi connectivity index (χ1) is 10.2. The number of aliphatic hydroxyl groups is 1. The van der Waals surface area contributed by atoms with Crippen LogP contribution in [0.3, 0.4) is 0 Å². The number of rotatable bonds is 8. The largest absolute Gasteiger partial charge is 0.389 e. The third-order valence-electron chi connectivity index (χ3n) is 4.58. The molecule has 5 heteroatoms. The Hall–Kier alpha value is -0.200. The smallest absolute Gasteiger partial charge is 0.0897 e. The summed E-state index contributed by atoms with van der Waals surface area (Å²) in [6.45, 7) is 9.06. The van der Waals surface area contributed by atoms with E-state index in [9.17, 15) is 5.11 Å². The Morgan fingerprint density at radius 3 is 2.67 bits per heavy atom. The molecule has 1 aliphatic carbocycles. The SMILES string of the molecule is CC1CCC(OCC(O)CNCCN2CCOCC2)CC1. The van der Waals surface area contributed by atoms with E-state index in [1.165, 1.54) is 12.8 Å². The van der Waals surface area contributed by atoms with Gasteiger partial charge in [-0.3, -0.25) is 4.90 Å². The Morgan fingerprint density at radius 1 is 1.24 bits per heavy atom. The average molecular weight is 300 g/mol. The molecule has 0 aromatic rings. The molecular formula is C16H32N2O3. The van der Waals surface area contributed by atoms with Crippen molar-refractivity contribution < 1.29 is 14.6 Å². The molecule has 1 atom stereocenters. The van der Waals surface area contributed by atoms with Gasteiger partial charge in [-0.15, -0.1) is 0 Å². The summed E-state index contributed by atoms with van der Waals surface area (Å²) in [5.41, 5.74) is 0. The first-order valence-electron chi connectivity index (χ1n) is 8.54. The molecule has 0 spiro atoms. The first kappa shape index (κ1) is 17.2. The fourth-order valence-electron chi connectivity index (χ4n) is 3.03. The molecule has 0 bridgehead atoms. The summed E-state index contributed by atoms with van der Waals surface area (Å²) in [7, 11) is 0. The molecule has 0 radical (unpaired) electrons. The molecule has 1 saturated heterocycles. The van der Waals surface area contributed by atoms with E-state index in [4.69, 9.17) is 9.47 Å². The van der Waals surface area contributed by atoms with E-state index >= 15 is 0 Å². The van der Waals surface area contributed by atoms with Crippen molar-refractivity contribution in [2.45, 2.75) is 44.8 Å². The van der Waals surface area contributed by atoms with Crippen LogP contribution in [0.15, 0.2) is 0 Å². The number of ether oxygens (including phenoxy) is 2. The van der Waals surface area contributed by atoms with Gasteiger partial charge in [0.15, 0.2) is 0 Å². The molecule has 5 nitrogen and oxygen atoms in total. The second-order valence-corrected chi connectivity index (χ2v) is 6.53. The summed E-state index contributed by atoms with van der Waals surface area (Å²) in [6.07, 6.45) is 4.80. The van der Waals surface area contributed by atoms with Crippen LogP contribution < -0.4 is 5.32 Å². The van der Waals surface area contributed by atoms with E-state index in [2.05, 4.69) is 17.1 Å². The van der Waals surface area contributed by atoms with E-state index in [1.807, 2.05) is 0 Å². The Bertz CT molecular complexity index is 264. The minimum atomic E-state index is -0.394. The van der Waals surface area contributed by atoms with Gasteiger partial charge in [0.05, 0.1) is 32.0 Å². The third-order valence-corrected chi connectivity index (χ3v) is 4.58. The molecule has 2 rings (SSSR count). The fraction of sp³-hybridized carbons (Fsp3) is 1.00. The molecule has 1 heterocycles. The standard InChI is InChI=1S/C16H32N2O3/c1-14-2-4-16(5-3-14)21-13-15(19)12-17-6-7-18-8-10-20-11-9-18/h14-17,19H,2-13H2,1H3. The van der Waals surface area contributed by atoms with Gasteiger partial charge in [0.1, 0.15) is 0 Å². The summed E-state index contributed by atoms with van der Waals surface area (Å²) >= 11 is 0. The highest BCUT2D eigenvalue weighted by Gasteiger charge is 2.19. The van der Waals surface area contributed by atoms with Crippen LogP contribution in [-0.2, 0) is 9.47 Å². The Kier molecular flexibility index (Phi) is 7.96. The molecule has 21 heavy (non-hydrogen) atoms. The lowest BCUT2D eigenvalue weighted by molar-refractivity contribution is -0.0280. The predicted molar refractivity (Wildman–Crippen MR) is 83.5 cm³/mol. The zero-order valence-electron chi connectivity index (χ0n) is 13.4. The number of hydrogen-bond acceptors (Lipinski definition) is 5. The van der Waals surface area contributed by atoms with Crippen LogP contribution in [0.1, 0.15) is 32.6 Å². The normalized spacial score (nSPS) is 29.4. The van der Waals surface area contributed by atoms with Gasteiger partial charge in [-0.25, -0.2) is 0 Å². The van der Waals surface area contributed by atoms with E-state index < -0.39 is 6.10 Å². The van der Waals surface area contributed by atoms with E-state index in [1.54, 1.807) is 0 Å². The Labute approximate surface area is 129 Å². The molecule has 1 aliphatic heterocycles. The summed E-state index contributed by atoms with van der Waals surface area (Å²) in [4.78, 5) is 2.39. The van der Waals surface area contributed by atoms with Crippen molar-refractivity contribution in [2.75, 3.05) is 52.5 Å². The Morgan fingerprint density at radius 2 is 1.95 bits per heavy atom. The van der Waals surface area contributed by atoms with Crippen LogP contribution in [0.2, 0.25) is 0 Å². The maximum atomic E-state index is 9.95. The third kappa shape index (κ3) is 7.06. The highest BCUT2D eigenvalue weighted by molar-refractivity contribution is 4.71. The maximum absolute atomic E-state index is 9.95. The molecule has 1 unspecified atom stereocenters. The fourth-order valence-corrected chi connectivity index (χ4v) is 3.03. The monoisotopic (exact) mass is 300 g/mol. The van der Waals surface area contributed by atoms with Crippen LogP contribution >= 0.6 is 0 Å². The molecule has 2 fully saturated rings. The average Bonchev–Trinajstić information content (AvgIpc) is 2.52. The molecular weight excluding hydrogens is 268 g/mol. The number of morpholine rings is 1. The van der Waals surface area contributed by atoms with Crippen molar-refractivity contribution in [2.24, 2.45) is 5.92 Å². The molecule has 0 aromatic carbocycles. The van der Waals surface area contributed by atoms with Crippen molar-refractivity contribution >= 4 is 0 Å². The highest BCUT2D eigenvalue weighted by Crippen LogP contribution is 2.25. The highest BCUT2D eigenvalue weighted by atomic mass is 16.5. The quantitative estimate of drug-likeness (QED) is 0.651. The van der Waals surface area contributed by atoms with Crippen molar-refractivity contribution in [1.29, 1.82) is 0 Å². The number of hydrogen-bond donors (Lipinski definition) is 2. The first-order valence-corrected chi connectivity index (χ1v) is 8.54. The minimum Gasteiger partial charge on any atom is -0.389 e. The zero-order valence-corrected chi connectivity index (χ0v) is 13.4. The Balaban J connectivity index is 1.44. The molecule has 1 saturated carbocycles. The minimum absolute atomic E-state index is 0.365. The van der Waals surface area contributed by atoms with E-state index in [0.717, 1.165) is 58.2 Å².